The van der Waals surface area contributed by atoms with Crippen molar-refractivity contribution in [1.82, 2.24) is 4.57 Å². The van der Waals surface area contributed by atoms with Crippen molar-refractivity contribution in [2.24, 2.45) is 0 Å². The smallest absolute Gasteiger partial charge is 0.110 e. The molecule has 0 bridgehead atoms. The predicted octanol–water partition coefficient (Wildman–Crippen LogP) is 3.98. The lowest BCUT2D eigenvalue weighted by Gasteiger charge is -2.28. The van der Waals surface area contributed by atoms with E-state index in [4.69, 9.17) is 0 Å². The van der Waals surface area contributed by atoms with Gasteiger partial charge in [-0.05, 0) is 23.1 Å². The fourth-order valence-electron chi connectivity index (χ4n) is 2.47. The lowest BCUT2D eigenvalue weighted by molar-refractivity contribution is 0.514. The summed E-state index contributed by atoms with van der Waals surface area (Å²) in [4.78, 5) is 0. The molecule has 0 aliphatic carbocycles. The number of fused-ring (bicyclic) bond motifs is 1. The average Bonchev–Trinajstić information content (AvgIpc) is 2.54. The zero-order valence-electron chi connectivity index (χ0n) is 11.9. The van der Waals surface area contributed by atoms with E-state index in [1.807, 2.05) is 0 Å². The van der Waals surface area contributed by atoms with E-state index in [-0.39, 0.29) is 10.8 Å². The second-order valence-corrected chi connectivity index (χ2v) is 6.93. The minimum Gasteiger partial charge on any atom is -0.368 e. The summed E-state index contributed by atoms with van der Waals surface area (Å²) in [6.07, 6.45) is 4.37. The van der Waals surface area contributed by atoms with Crippen molar-refractivity contribution in [3.63, 3.8) is 0 Å². The number of anilines is 1. The first-order valence-electron chi connectivity index (χ1n) is 6.38. The van der Waals surface area contributed by atoms with E-state index < -0.39 is 0 Å². The summed E-state index contributed by atoms with van der Waals surface area (Å²) >= 11 is 0. The number of aromatic nitrogens is 1. The van der Waals surface area contributed by atoms with Crippen LogP contribution in [0.3, 0.4) is 0 Å². The Balaban J connectivity index is 2.69. The zero-order valence-corrected chi connectivity index (χ0v) is 11.9. The first-order valence-corrected chi connectivity index (χ1v) is 6.38. The van der Waals surface area contributed by atoms with Crippen molar-refractivity contribution in [3.05, 3.63) is 23.4 Å². The fourth-order valence-corrected chi connectivity index (χ4v) is 2.47. The van der Waals surface area contributed by atoms with Gasteiger partial charge in [0.15, 0.2) is 0 Å². The molecule has 2 heterocycles. The molecular weight excluding hydrogens is 208 g/mol. The van der Waals surface area contributed by atoms with E-state index in [1.54, 1.807) is 0 Å². The zero-order chi connectivity index (χ0) is 12.8. The Morgan fingerprint density at radius 1 is 1.06 bits per heavy atom. The highest BCUT2D eigenvalue weighted by Crippen LogP contribution is 2.38. The molecule has 2 rings (SSSR count). The van der Waals surface area contributed by atoms with Gasteiger partial charge in [0.05, 0.1) is 0 Å². The maximum atomic E-state index is 3.44. The molecule has 0 aromatic carbocycles. The predicted molar refractivity (Wildman–Crippen MR) is 75.7 cm³/mol. The van der Waals surface area contributed by atoms with Gasteiger partial charge in [-0.3, -0.25) is 0 Å². The highest BCUT2D eigenvalue weighted by Gasteiger charge is 2.30. The van der Waals surface area contributed by atoms with Crippen LogP contribution in [0, 0.1) is 0 Å². The summed E-state index contributed by atoms with van der Waals surface area (Å²) in [5.41, 5.74) is 3.20. The Kier molecular flexibility index (Phi) is 2.64. The van der Waals surface area contributed by atoms with Gasteiger partial charge in [-0.2, -0.15) is 0 Å². The summed E-state index contributed by atoms with van der Waals surface area (Å²) in [6.45, 7) is 14.6. The molecule has 0 spiro atoms. The van der Waals surface area contributed by atoms with Crippen molar-refractivity contribution in [2.45, 2.75) is 52.4 Å². The fraction of sp³-hybridized carbons (Fsp3) is 0.600. The normalized spacial score (nSPS) is 15.6. The second-order valence-electron chi connectivity index (χ2n) is 6.93. The molecule has 2 heteroatoms. The summed E-state index contributed by atoms with van der Waals surface area (Å²) < 4.78 is 2.31. The summed E-state index contributed by atoms with van der Waals surface area (Å²) in [5.74, 6) is 1.22. The van der Waals surface area contributed by atoms with E-state index in [9.17, 15) is 0 Å². The number of hydrogen-bond acceptors (Lipinski definition) is 1. The quantitative estimate of drug-likeness (QED) is 0.716. The first-order chi connectivity index (χ1) is 7.71. The lowest BCUT2D eigenvalue weighted by atomic mass is 9.79. The Bertz CT molecular complexity index is 450. The molecule has 1 aliphatic rings. The molecule has 0 atom stereocenters. The Morgan fingerprint density at radius 3 is 2.24 bits per heavy atom. The SMILES string of the molecule is CC(C)(C)c1cc2n(c1C(C)(C)C)C=CCN2. The maximum Gasteiger partial charge on any atom is 0.110 e. The maximum absolute atomic E-state index is 3.44. The molecule has 2 nitrogen and oxygen atoms in total. The molecule has 0 fully saturated rings. The molecule has 0 unspecified atom stereocenters. The van der Waals surface area contributed by atoms with E-state index in [0.717, 1.165) is 6.54 Å². The van der Waals surface area contributed by atoms with Crippen molar-refractivity contribution in [3.8, 4) is 0 Å². The molecule has 0 saturated heterocycles. The van der Waals surface area contributed by atoms with Crippen LogP contribution >= 0.6 is 0 Å². The monoisotopic (exact) mass is 232 g/mol. The van der Waals surface area contributed by atoms with Crippen molar-refractivity contribution in [2.75, 3.05) is 11.9 Å². The minimum atomic E-state index is 0.157. The lowest BCUT2D eigenvalue weighted by Crippen LogP contribution is -2.23. The Labute approximate surface area is 105 Å². The van der Waals surface area contributed by atoms with Crippen LogP contribution in [0.25, 0.3) is 6.20 Å². The van der Waals surface area contributed by atoms with Gasteiger partial charge in [0.25, 0.3) is 0 Å². The second kappa shape index (κ2) is 3.66. The van der Waals surface area contributed by atoms with Crippen LogP contribution in [0.1, 0.15) is 52.8 Å². The van der Waals surface area contributed by atoms with E-state index >= 15 is 0 Å². The molecule has 1 aliphatic heterocycles. The van der Waals surface area contributed by atoms with Crippen molar-refractivity contribution in [1.29, 1.82) is 0 Å². The summed E-state index contributed by atoms with van der Waals surface area (Å²) in [5, 5.41) is 3.44. The number of nitrogens with one attached hydrogen (secondary N) is 1. The third-order valence-electron chi connectivity index (χ3n) is 3.21. The van der Waals surface area contributed by atoms with Crippen LogP contribution < -0.4 is 5.32 Å². The van der Waals surface area contributed by atoms with Crippen LogP contribution in [0.5, 0.6) is 0 Å². The van der Waals surface area contributed by atoms with Crippen LogP contribution in [0.2, 0.25) is 0 Å². The molecule has 1 N–H and O–H groups in total. The summed E-state index contributed by atoms with van der Waals surface area (Å²) in [6, 6.07) is 2.31. The molecule has 1 aromatic rings. The first kappa shape index (κ1) is 12.3. The molecule has 94 valence electrons. The minimum absolute atomic E-state index is 0.157. The number of nitrogens with zero attached hydrogens (tertiary/aromatic N) is 1. The average molecular weight is 232 g/mol. The van der Waals surface area contributed by atoms with E-state index in [1.165, 1.54) is 17.1 Å². The standard InChI is InChI=1S/C15H24N2/c1-14(2,3)11-10-12-16-8-7-9-17(12)13(11)15(4,5)6/h7,9-10,16H,8H2,1-6H3. The number of hydrogen-bond donors (Lipinski definition) is 1. The van der Waals surface area contributed by atoms with Crippen LogP contribution in [0.15, 0.2) is 12.1 Å². The third-order valence-corrected chi connectivity index (χ3v) is 3.21. The Hall–Kier alpha value is -1.18. The van der Waals surface area contributed by atoms with E-state index in [0.29, 0.717) is 0 Å². The van der Waals surface area contributed by atoms with Crippen LogP contribution in [-0.4, -0.2) is 11.1 Å². The molecule has 0 saturated carbocycles. The van der Waals surface area contributed by atoms with Gasteiger partial charge in [0.2, 0.25) is 0 Å². The molecule has 0 radical (unpaired) electrons. The Morgan fingerprint density at radius 2 is 1.71 bits per heavy atom. The molecule has 17 heavy (non-hydrogen) atoms. The highest BCUT2D eigenvalue weighted by molar-refractivity contribution is 5.58. The molecule has 0 amide bonds. The topological polar surface area (TPSA) is 17.0 Å². The van der Waals surface area contributed by atoms with E-state index in [2.05, 4.69) is 69.8 Å². The third kappa shape index (κ3) is 2.13. The van der Waals surface area contributed by atoms with Gasteiger partial charge >= 0.3 is 0 Å². The van der Waals surface area contributed by atoms with Crippen molar-refractivity contribution >= 4 is 12.0 Å². The van der Waals surface area contributed by atoms with Crippen LogP contribution in [-0.2, 0) is 10.8 Å². The van der Waals surface area contributed by atoms with Gasteiger partial charge in [-0.1, -0.05) is 41.5 Å². The number of rotatable bonds is 0. The highest BCUT2D eigenvalue weighted by atomic mass is 15.1. The molecular formula is C15H24N2. The van der Waals surface area contributed by atoms with Crippen molar-refractivity contribution < 1.29 is 0 Å². The van der Waals surface area contributed by atoms with Gasteiger partial charge in [0, 0.05) is 23.9 Å². The van der Waals surface area contributed by atoms with Gasteiger partial charge in [-0.15, -0.1) is 0 Å². The molecule has 1 aromatic heterocycles. The van der Waals surface area contributed by atoms with Crippen LogP contribution in [0.4, 0.5) is 5.82 Å². The van der Waals surface area contributed by atoms with Gasteiger partial charge in [-0.25, -0.2) is 0 Å². The van der Waals surface area contributed by atoms with Gasteiger partial charge < -0.3 is 9.88 Å². The van der Waals surface area contributed by atoms with Gasteiger partial charge in [0.1, 0.15) is 5.82 Å². The largest absolute Gasteiger partial charge is 0.368 e. The summed E-state index contributed by atoms with van der Waals surface area (Å²) in [7, 11) is 0.